The van der Waals surface area contributed by atoms with Crippen LogP contribution in [0.15, 0.2) is 28.7 Å². The molecule has 23 heavy (non-hydrogen) atoms. The van der Waals surface area contributed by atoms with E-state index in [4.69, 9.17) is 4.74 Å². The van der Waals surface area contributed by atoms with E-state index in [1.807, 2.05) is 19.1 Å². The van der Waals surface area contributed by atoms with Crippen LogP contribution in [0.1, 0.15) is 13.3 Å². The van der Waals surface area contributed by atoms with E-state index in [2.05, 4.69) is 15.9 Å². The van der Waals surface area contributed by atoms with E-state index in [1.165, 1.54) is 4.31 Å². The largest absolute Gasteiger partial charge is 0.484 e. The lowest BCUT2D eigenvalue weighted by molar-refractivity contribution is -0.134. The molecular weight excluding hydrogens is 384 g/mol. The Bertz CT molecular complexity index is 625. The van der Waals surface area contributed by atoms with Gasteiger partial charge in [0.2, 0.25) is 10.0 Å². The summed E-state index contributed by atoms with van der Waals surface area (Å²) in [6.45, 7) is 3.33. The molecule has 1 aromatic carbocycles. The highest BCUT2D eigenvalue weighted by atomic mass is 79.9. The van der Waals surface area contributed by atoms with Crippen molar-refractivity contribution in [1.29, 1.82) is 0 Å². The Kier molecular flexibility index (Phi) is 6.43. The fraction of sp³-hybridized carbons (Fsp3) is 0.533. The number of halogens is 1. The molecular formula is C15H21BrN2O4S. The Labute approximate surface area is 145 Å². The van der Waals surface area contributed by atoms with Crippen molar-refractivity contribution in [2.45, 2.75) is 13.3 Å². The molecule has 6 nitrogen and oxygen atoms in total. The summed E-state index contributed by atoms with van der Waals surface area (Å²) < 4.78 is 31.9. The fourth-order valence-corrected chi connectivity index (χ4v) is 4.13. The number of benzene rings is 1. The molecule has 0 saturated carbocycles. The van der Waals surface area contributed by atoms with Crippen LogP contribution in [0.25, 0.3) is 0 Å². The van der Waals surface area contributed by atoms with Gasteiger partial charge in [-0.25, -0.2) is 8.42 Å². The van der Waals surface area contributed by atoms with Crippen LogP contribution in [0.4, 0.5) is 0 Å². The standard InChI is InChI=1S/C15H21BrN2O4S/c1-2-11-23(20,21)18-9-7-17(8-10-18)15(19)12-22-14-5-3-13(16)4-6-14/h3-6H,2,7-12H2,1H3. The molecule has 1 amide bonds. The van der Waals surface area contributed by atoms with Crippen molar-refractivity contribution in [1.82, 2.24) is 9.21 Å². The van der Waals surface area contributed by atoms with Gasteiger partial charge in [-0.3, -0.25) is 4.79 Å². The monoisotopic (exact) mass is 404 g/mol. The van der Waals surface area contributed by atoms with Crippen LogP contribution in [0.3, 0.4) is 0 Å². The van der Waals surface area contributed by atoms with Crippen LogP contribution in [-0.4, -0.2) is 62.1 Å². The van der Waals surface area contributed by atoms with Gasteiger partial charge in [0, 0.05) is 30.7 Å². The highest BCUT2D eigenvalue weighted by Crippen LogP contribution is 2.16. The zero-order valence-corrected chi connectivity index (χ0v) is 15.5. The second-order valence-electron chi connectivity index (χ2n) is 5.34. The van der Waals surface area contributed by atoms with Gasteiger partial charge in [0.1, 0.15) is 5.75 Å². The van der Waals surface area contributed by atoms with Gasteiger partial charge in [0.25, 0.3) is 5.91 Å². The van der Waals surface area contributed by atoms with Gasteiger partial charge in [-0.15, -0.1) is 0 Å². The molecule has 1 aliphatic rings. The summed E-state index contributed by atoms with van der Waals surface area (Å²) in [6, 6.07) is 7.26. The van der Waals surface area contributed by atoms with Crippen molar-refractivity contribution in [2.24, 2.45) is 0 Å². The molecule has 1 aromatic rings. The Morgan fingerprint density at radius 1 is 1.17 bits per heavy atom. The maximum atomic E-state index is 12.1. The summed E-state index contributed by atoms with van der Waals surface area (Å²) in [5.41, 5.74) is 0. The lowest BCUT2D eigenvalue weighted by Crippen LogP contribution is -2.52. The average Bonchev–Trinajstić information content (AvgIpc) is 2.54. The Balaban J connectivity index is 1.80. The van der Waals surface area contributed by atoms with Crippen molar-refractivity contribution < 1.29 is 17.9 Å². The van der Waals surface area contributed by atoms with E-state index in [0.29, 0.717) is 38.3 Å². The van der Waals surface area contributed by atoms with Crippen molar-refractivity contribution >= 4 is 31.9 Å². The van der Waals surface area contributed by atoms with Crippen molar-refractivity contribution in [2.75, 3.05) is 38.5 Å². The zero-order chi connectivity index (χ0) is 16.9. The van der Waals surface area contributed by atoms with E-state index in [9.17, 15) is 13.2 Å². The molecule has 128 valence electrons. The molecule has 1 aliphatic heterocycles. The highest BCUT2D eigenvalue weighted by molar-refractivity contribution is 9.10. The number of rotatable bonds is 6. The maximum absolute atomic E-state index is 12.1. The number of carbonyl (C=O) groups is 1. The minimum Gasteiger partial charge on any atom is -0.484 e. The Morgan fingerprint density at radius 3 is 2.35 bits per heavy atom. The lowest BCUT2D eigenvalue weighted by Gasteiger charge is -2.33. The van der Waals surface area contributed by atoms with Gasteiger partial charge < -0.3 is 9.64 Å². The molecule has 0 bridgehead atoms. The first-order valence-electron chi connectivity index (χ1n) is 7.56. The lowest BCUT2D eigenvalue weighted by atomic mass is 10.3. The number of ether oxygens (including phenoxy) is 1. The van der Waals surface area contributed by atoms with Gasteiger partial charge in [-0.1, -0.05) is 22.9 Å². The van der Waals surface area contributed by atoms with E-state index in [-0.39, 0.29) is 18.3 Å². The molecule has 8 heteroatoms. The molecule has 0 radical (unpaired) electrons. The molecule has 0 spiro atoms. The third-order valence-corrected chi connectivity index (χ3v) is 6.23. The van der Waals surface area contributed by atoms with Gasteiger partial charge in [-0.2, -0.15) is 4.31 Å². The molecule has 1 saturated heterocycles. The maximum Gasteiger partial charge on any atom is 0.260 e. The molecule has 1 fully saturated rings. The van der Waals surface area contributed by atoms with Crippen LogP contribution in [0.2, 0.25) is 0 Å². The average molecular weight is 405 g/mol. The van der Waals surface area contributed by atoms with Crippen molar-refractivity contribution in [3.8, 4) is 5.75 Å². The van der Waals surface area contributed by atoms with E-state index in [0.717, 1.165) is 4.47 Å². The van der Waals surface area contributed by atoms with Gasteiger partial charge in [0.05, 0.1) is 5.75 Å². The normalized spacial score (nSPS) is 16.3. The molecule has 2 rings (SSSR count). The second-order valence-corrected chi connectivity index (χ2v) is 8.34. The van der Waals surface area contributed by atoms with Gasteiger partial charge in [0.15, 0.2) is 6.61 Å². The Morgan fingerprint density at radius 2 is 1.78 bits per heavy atom. The zero-order valence-electron chi connectivity index (χ0n) is 13.1. The first kappa shape index (κ1) is 18.2. The molecule has 0 atom stereocenters. The fourth-order valence-electron chi connectivity index (χ4n) is 2.37. The number of piperazine rings is 1. The number of carbonyl (C=O) groups excluding carboxylic acids is 1. The second kappa shape index (κ2) is 8.12. The smallest absolute Gasteiger partial charge is 0.260 e. The summed E-state index contributed by atoms with van der Waals surface area (Å²) >= 11 is 3.34. The van der Waals surface area contributed by atoms with Gasteiger partial charge in [-0.05, 0) is 30.7 Å². The predicted molar refractivity (Wildman–Crippen MR) is 91.9 cm³/mol. The SMILES string of the molecule is CCCS(=O)(=O)N1CCN(C(=O)COc2ccc(Br)cc2)CC1. The van der Waals surface area contributed by atoms with E-state index >= 15 is 0 Å². The highest BCUT2D eigenvalue weighted by Gasteiger charge is 2.28. The summed E-state index contributed by atoms with van der Waals surface area (Å²) in [6.07, 6.45) is 0.600. The number of nitrogens with zero attached hydrogens (tertiary/aromatic N) is 2. The first-order chi connectivity index (χ1) is 10.9. The van der Waals surface area contributed by atoms with Crippen molar-refractivity contribution in [3.63, 3.8) is 0 Å². The minimum atomic E-state index is -3.18. The van der Waals surface area contributed by atoms with Crippen LogP contribution in [-0.2, 0) is 14.8 Å². The third-order valence-electron chi connectivity index (χ3n) is 3.62. The number of amides is 1. The van der Waals surface area contributed by atoms with Crippen LogP contribution in [0, 0.1) is 0 Å². The molecule has 0 aliphatic carbocycles. The number of hydrogen-bond donors (Lipinski definition) is 0. The molecule has 0 unspecified atom stereocenters. The first-order valence-corrected chi connectivity index (χ1v) is 9.96. The third kappa shape index (κ3) is 5.19. The molecule has 0 N–H and O–H groups in total. The molecule has 1 heterocycles. The number of hydrogen-bond acceptors (Lipinski definition) is 4. The van der Waals surface area contributed by atoms with Crippen LogP contribution < -0.4 is 4.74 Å². The van der Waals surface area contributed by atoms with Crippen molar-refractivity contribution in [3.05, 3.63) is 28.7 Å². The van der Waals surface area contributed by atoms with Gasteiger partial charge >= 0.3 is 0 Å². The minimum absolute atomic E-state index is 0.0384. The predicted octanol–water partition coefficient (Wildman–Crippen LogP) is 1.71. The summed E-state index contributed by atoms with van der Waals surface area (Å²) in [5, 5.41) is 0. The van der Waals surface area contributed by atoms with Crippen LogP contribution >= 0.6 is 15.9 Å². The Hall–Kier alpha value is -1.12. The summed E-state index contributed by atoms with van der Waals surface area (Å²) in [7, 11) is -3.18. The van der Waals surface area contributed by atoms with E-state index < -0.39 is 10.0 Å². The molecule has 0 aromatic heterocycles. The topological polar surface area (TPSA) is 66.9 Å². The van der Waals surface area contributed by atoms with E-state index in [1.54, 1.807) is 17.0 Å². The van der Waals surface area contributed by atoms with Crippen LogP contribution in [0.5, 0.6) is 5.75 Å². The quantitative estimate of drug-likeness (QED) is 0.723. The summed E-state index contributed by atoms with van der Waals surface area (Å²) in [4.78, 5) is 13.8. The summed E-state index contributed by atoms with van der Waals surface area (Å²) in [5.74, 6) is 0.666. The number of sulfonamides is 1.